The first-order chi connectivity index (χ1) is 5.29. The van der Waals surface area contributed by atoms with Crippen molar-refractivity contribution in [2.75, 3.05) is 0 Å². The molecular formula is C7H5FN2O. The molecule has 0 aliphatic rings. The number of nitrogens with zero attached hydrogens (tertiary/aromatic N) is 1. The SMILES string of the molecule is Oc1c(F)ccc2[nH]cnc12. The van der Waals surface area contributed by atoms with Crippen molar-refractivity contribution in [3.63, 3.8) is 0 Å². The van der Waals surface area contributed by atoms with Gasteiger partial charge in [-0.25, -0.2) is 9.37 Å². The Morgan fingerprint density at radius 1 is 1.45 bits per heavy atom. The van der Waals surface area contributed by atoms with Crippen molar-refractivity contribution in [1.82, 2.24) is 9.97 Å². The summed E-state index contributed by atoms with van der Waals surface area (Å²) in [7, 11) is 0. The number of aromatic nitrogens is 2. The quantitative estimate of drug-likeness (QED) is 0.599. The molecule has 0 aliphatic carbocycles. The molecule has 0 atom stereocenters. The Morgan fingerprint density at radius 3 is 3.09 bits per heavy atom. The van der Waals surface area contributed by atoms with Gasteiger partial charge in [-0.05, 0) is 12.1 Å². The van der Waals surface area contributed by atoms with Crippen LogP contribution in [0.4, 0.5) is 4.39 Å². The lowest BCUT2D eigenvalue weighted by atomic mass is 10.3. The summed E-state index contributed by atoms with van der Waals surface area (Å²) in [6.07, 6.45) is 1.41. The fourth-order valence-electron chi connectivity index (χ4n) is 0.969. The van der Waals surface area contributed by atoms with Gasteiger partial charge in [-0.2, -0.15) is 0 Å². The van der Waals surface area contributed by atoms with E-state index in [4.69, 9.17) is 5.11 Å². The highest BCUT2D eigenvalue weighted by Crippen LogP contribution is 2.23. The summed E-state index contributed by atoms with van der Waals surface area (Å²) in [5.74, 6) is -1.05. The van der Waals surface area contributed by atoms with Crippen LogP contribution in [0.5, 0.6) is 5.75 Å². The maximum Gasteiger partial charge on any atom is 0.179 e. The highest BCUT2D eigenvalue weighted by Gasteiger charge is 2.06. The van der Waals surface area contributed by atoms with Gasteiger partial charge < -0.3 is 10.1 Å². The molecule has 2 N–H and O–H groups in total. The lowest BCUT2D eigenvalue weighted by Gasteiger charge is -1.93. The van der Waals surface area contributed by atoms with Gasteiger partial charge in [0, 0.05) is 0 Å². The molecule has 0 saturated heterocycles. The van der Waals surface area contributed by atoms with E-state index in [1.54, 1.807) is 0 Å². The summed E-state index contributed by atoms with van der Waals surface area (Å²) in [5, 5.41) is 9.09. The van der Waals surface area contributed by atoms with Crippen LogP contribution in [0.1, 0.15) is 0 Å². The number of halogens is 1. The van der Waals surface area contributed by atoms with Crippen molar-refractivity contribution in [3.8, 4) is 5.75 Å². The van der Waals surface area contributed by atoms with Crippen molar-refractivity contribution >= 4 is 11.0 Å². The number of hydrogen-bond donors (Lipinski definition) is 2. The number of H-pyrrole nitrogens is 1. The molecule has 2 rings (SSSR count). The van der Waals surface area contributed by atoms with Gasteiger partial charge in [-0.15, -0.1) is 0 Å². The molecule has 0 amide bonds. The number of aromatic hydroxyl groups is 1. The molecule has 56 valence electrons. The van der Waals surface area contributed by atoms with E-state index < -0.39 is 11.6 Å². The average Bonchev–Trinajstić information content (AvgIpc) is 2.45. The van der Waals surface area contributed by atoms with Crippen LogP contribution in [0.15, 0.2) is 18.5 Å². The molecule has 1 aromatic heterocycles. The zero-order valence-corrected chi connectivity index (χ0v) is 5.50. The lowest BCUT2D eigenvalue weighted by molar-refractivity contribution is 0.438. The van der Waals surface area contributed by atoms with Gasteiger partial charge >= 0.3 is 0 Å². The molecule has 0 unspecified atom stereocenters. The maximum atomic E-state index is 12.6. The number of nitrogens with one attached hydrogen (secondary N) is 1. The minimum atomic E-state index is -0.649. The summed E-state index contributed by atoms with van der Waals surface area (Å²) >= 11 is 0. The smallest absolute Gasteiger partial charge is 0.179 e. The summed E-state index contributed by atoms with van der Waals surface area (Å²) < 4.78 is 12.6. The number of benzene rings is 1. The molecule has 0 saturated carbocycles. The van der Waals surface area contributed by atoms with E-state index in [1.165, 1.54) is 18.5 Å². The second kappa shape index (κ2) is 1.95. The van der Waals surface area contributed by atoms with E-state index in [2.05, 4.69) is 9.97 Å². The Kier molecular flexibility index (Phi) is 1.09. The van der Waals surface area contributed by atoms with Gasteiger partial charge in [0.25, 0.3) is 0 Å². The zero-order valence-electron chi connectivity index (χ0n) is 5.50. The summed E-state index contributed by atoms with van der Waals surface area (Å²) in [6.45, 7) is 0. The molecule has 11 heavy (non-hydrogen) atoms. The minimum absolute atomic E-state index is 0.269. The molecule has 2 aromatic rings. The Labute approximate surface area is 61.5 Å². The largest absolute Gasteiger partial charge is 0.503 e. The highest BCUT2D eigenvalue weighted by molar-refractivity contribution is 5.80. The molecular weight excluding hydrogens is 147 g/mol. The number of aromatic amines is 1. The molecule has 1 aromatic carbocycles. The Balaban J connectivity index is 2.93. The van der Waals surface area contributed by atoms with E-state index in [-0.39, 0.29) is 5.52 Å². The van der Waals surface area contributed by atoms with Gasteiger partial charge in [-0.1, -0.05) is 0 Å². The standard InChI is InChI=1S/C7H5FN2O/c8-4-1-2-5-6(7(4)11)10-3-9-5/h1-3,11H,(H,9,10). The van der Waals surface area contributed by atoms with Gasteiger partial charge in [0.15, 0.2) is 11.6 Å². The van der Waals surface area contributed by atoms with E-state index in [1.807, 2.05) is 0 Å². The Hall–Kier alpha value is -1.58. The van der Waals surface area contributed by atoms with E-state index in [0.717, 1.165) is 0 Å². The first-order valence-electron chi connectivity index (χ1n) is 3.09. The normalized spacial score (nSPS) is 10.6. The van der Waals surface area contributed by atoms with Crippen molar-refractivity contribution < 1.29 is 9.50 Å². The number of hydrogen-bond acceptors (Lipinski definition) is 2. The predicted octanol–water partition coefficient (Wildman–Crippen LogP) is 1.41. The van der Waals surface area contributed by atoms with Crippen LogP contribution >= 0.6 is 0 Å². The maximum absolute atomic E-state index is 12.6. The van der Waals surface area contributed by atoms with Crippen LogP contribution < -0.4 is 0 Å². The fraction of sp³-hybridized carbons (Fsp3) is 0. The third-order valence-corrected chi connectivity index (χ3v) is 1.52. The van der Waals surface area contributed by atoms with Crippen LogP contribution in [-0.4, -0.2) is 15.1 Å². The molecule has 1 heterocycles. The zero-order chi connectivity index (χ0) is 7.84. The molecule has 0 radical (unpaired) electrons. The third-order valence-electron chi connectivity index (χ3n) is 1.52. The fourth-order valence-corrected chi connectivity index (χ4v) is 0.969. The van der Waals surface area contributed by atoms with Gasteiger partial charge in [0.2, 0.25) is 0 Å². The lowest BCUT2D eigenvalue weighted by Crippen LogP contribution is -1.77. The summed E-state index contributed by atoms with van der Waals surface area (Å²) in [5.41, 5.74) is 0.897. The number of phenols is 1. The number of fused-ring (bicyclic) bond motifs is 1. The van der Waals surface area contributed by atoms with Gasteiger partial charge in [0.1, 0.15) is 5.52 Å². The molecule has 0 aliphatic heterocycles. The van der Waals surface area contributed by atoms with Crippen molar-refractivity contribution in [1.29, 1.82) is 0 Å². The topological polar surface area (TPSA) is 48.9 Å². The molecule has 0 fully saturated rings. The minimum Gasteiger partial charge on any atom is -0.503 e. The molecule has 0 spiro atoms. The van der Waals surface area contributed by atoms with E-state index in [0.29, 0.717) is 5.52 Å². The van der Waals surface area contributed by atoms with Crippen molar-refractivity contribution in [3.05, 3.63) is 24.3 Å². The second-order valence-electron chi connectivity index (χ2n) is 2.19. The van der Waals surface area contributed by atoms with Crippen LogP contribution in [0.2, 0.25) is 0 Å². The second-order valence-corrected chi connectivity index (χ2v) is 2.19. The van der Waals surface area contributed by atoms with E-state index >= 15 is 0 Å². The van der Waals surface area contributed by atoms with E-state index in [9.17, 15) is 4.39 Å². The molecule has 4 heteroatoms. The first kappa shape index (κ1) is 6.15. The summed E-state index contributed by atoms with van der Waals surface area (Å²) in [6, 6.07) is 2.72. The Bertz CT molecular complexity index is 396. The monoisotopic (exact) mass is 152 g/mol. The summed E-state index contributed by atoms with van der Waals surface area (Å²) in [4.78, 5) is 6.48. The highest BCUT2D eigenvalue weighted by atomic mass is 19.1. The number of rotatable bonds is 0. The first-order valence-corrected chi connectivity index (χ1v) is 3.09. The Morgan fingerprint density at radius 2 is 2.27 bits per heavy atom. The molecule has 3 nitrogen and oxygen atoms in total. The third kappa shape index (κ3) is 0.756. The average molecular weight is 152 g/mol. The van der Waals surface area contributed by atoms with Crippen molar-refractivity contribution in [2.45, 2.75) is 0 Å². The van der Waals surface area contributed by atoms with Crippen LogP contribution in [0.25, 0.3) is 11.0 Å². The predicted molar refractivity (Wildman–Crippen MR) is 37.7 cm³/mol. The van der Waals surface area contributed by atoms with Gasteiger partial charge in [0.05, 0.1) is 11.8 Å². The van der Waals surface area contributed by atoms with Crippen molar-refractivity contribution in [2.24, 2.45) is 0 Å². The number of imidazole rings is 1. The van der Waals surface area contributed by atoms with Gasteiger partial charge in [-0.3, -0.25) is 0 Å². The van der Waals surface area contributed by atoms with Crippen LogP contribution in [0, 0.1) is 5.82 Å². The number of phenolic OH excluding ortho intramolecular Hbond substituents is 1. The molecule has 0 bridgehead atoms. The van der Waals surface area contributed by atoms with Crippen LogP contribution in [-0.2, 0) is 0 Å². The van der Waals surface area contributed by atoms with Crippen LogP contribution in [0.3, 0.4) is 0 Å².